The molecule has 0 aliphatic carbocycles. The van der Waals surface area contributed by atoms with E-state index in [4.69, 9.17) is 5.14 Å². The molecule has 0 bridgehead atoms. The van der Waals surface area contributed by atoms with E-state index < -0.39 is 10.0 Å². The van der Waals surface area contributed by atoms with E-state index in [1.807, 2.05) is 13.8 Å². The van der Waals surface area contributed by atoms with Crippen molar-refractivity contribution < 1.29 is 8.42 Å². The summed E-state index contributed by atoms with van der Waals surface area (Å²) in [7, 11) is -3.65. The molecule has 0 atom stereocenters. The van der Waals surface area contributed by atoms with Crippen LogP contribution in [0.2, 0.25) is 0 Å². The van der Waals surface area contributed by atoms with Crippen molar-refractivity contribution in [1.82, 2.24) is 15.6 Å². The lowest BCUT2D eigenvalue weighted by molar-refractivity contribution is 0.600. The molecule has 10 heteroatoms. The Balaban J connectivity index is 2.01. The Morgan fingerprint density at radius 3 is 2.58 bits per heavy atom. The monoisotopic (exact) mass is 387 g/mol. The van der Waals surface area contributed by atoms with Crippen LogP contribution in [0.25, 0.3) is 0 Å². The summed E-state index contributed by atoms with van der Waals surface area (Å²) in [5, 5.41) is 12.5. The molecule has 7 nitrogen and oxygen atoms in total. The molecule has 2 aromatic rings. The summed E-state index contributed by atoms with van der Waals surface area (Å²) >= 11 is 2.79. The van der Waals surface area contributed by atoms with Crippen molar-refractivity contribution in [2.75, 3.05) is 6.54 Å². The van der Waals surface area contributed by atoms with Crippen LogP contribution < -0.4 is 15.8 Å². The first-order valence-corrected chi connectivity index (χ1v) is 10.5. The third-order valence-corrected chi connectivity index (χ3v) is 6.72. The van der Waals surface area contributed by atoms with E-state index in [-0.39, 0.29) is 4.21 Å². The Hall–Kier alpha value is -1.49. The van der Waals surface area contributed by atoms with Gasteiger partial charge in [-0.2, -0.15) is 0 Å². The predicted octanol–water partition coefficient (Wildman–Crippen LogP) is 1.72. The molecule has 0 radical (unpaired) electrons. The van der Waals surface area contributed by atoms with E-state index in [0.29, 0.717) is 19.0 Å². The smallest absolute Gasteiger partial charge is 0.247 e. The number of rotatable bonds is 6. The summed E-state index contributed by atoms with van der Waals surface area (Å²) in [6, 6.07) is 3.23. The van der Waals surface area contributed by atoms with Crippen molar-refractivity contribution >= 4 is 38.7 Å². The number of aryl methyl sites for hydroxylation is 2. The molecular formula is C14H21N5O2S3. The number of thiophene rings is 1. The van der Waals surface area contributed by atoms with Crippen LogP contribution in [0.4, 0.5) is 0 Å². The highest BCUT2D eigenvalue weighted by Crippen LogP contribution is 2.21. The minimum Gasteiger partial charge on any atom is -0.357 e. The molecule has 0 fully saturated rings. The third kappa shape index (κ3) is 5.26. The number of hydrogen-bond acceptors (Lipinski definition) is 6. The highest BCUT2D eigenvalue weighted by Gasteiger charge is 2.11. The average Bonchev–Trinajstić information content (AvgIpc) is 3.09. The first kappa shape index (κ1) is 18.8. The van der Waals surface area contributed by atoms with Crippen LogP contribution in [-0.2, 0) is 23.1 Å². The number of aliphatic imine (C=N–C) groups is 1. The van der Waals surface area contributed by atoms with Gasteiger partial charge in [0.15, 0.2) is 5.96 Å². The van der Waals surface area contributed by atoms with Gasteiger partial charge in [0, 0.05) is 16.3 Å². The van der Waals surface area contributed by atoms with Crippen LogP contribution in [0.5, 0.6) is 0 Å². The number of hydrogen-bond donors (Lipinski definition) is 3. The summed E-state index contributed by atoms with van der Waals surface area (Å²) in [6.45, 7) is 7.74. The maximum absolute atomic E-state index is 11.3. The van der Waals surface area contributed by atoms with Gasteiger partial charge in [-0.1, -0.05) is 0 Å². The lowest BCUT2D eigenvalue weighted by Gasteiger charge is -2.09. The van der Waals surface area contributed by atoms with E-state index in [0.717, 1.165) is 33.5 Å². The fraction of sp³-hybridized carbons (Fsp3) is 0.429. The van der Waals surface area contributed by atoms with Gasteiger partial charge in [-0.05, 0) is 32.9 Å². The number of thiazole rings is 1. The standard InChI is InChI=1S/C14H21N5O2S3/c1-4-16-14(18-8-12-19-9(2)10(3)22-12)17-7-11-5-6-13(23-11)24(15,20)21/h5-6H,4,7-8H2,1-3H3,(H2,15,20,21)(H2,16,17,18). The Bertz CT molecular complexity index is 804. The molecule has 2 aromatic heterocycles. The Morgan fingerprint density at radius 1 is 1.29 bits per heavy atom. The van der Waals surface area contributed by atoms with Crippen molar-refractivity contribution in [3.8, 4) is 0 Å². The van der Waals surface area contributed by atoms with Crippen molar-refractivity contribution in [3.63, 3.8) is 0 Å². The van der Waals surface area contributed by atoms with E-state index in [1.165, 1.54) is 10.9 Å². The van der Waals surface area contributed by atoms with Crippen LogP contribution in [0.1, 0.15) is 27.4 Å². The van der Waals surface area contributed by atoms with E-state index in [1.54, 1.807) is 17.4 Å². The second-order valence-electron chi connectivity index (χ2n) is 5.06. The van der Waals surface area contributed by atoms with Gasteiger partial charge in [0.1, 0.15) is 9.22 Å². The first-order chi connectivity index (χ1) is 11.3. The summed E-state index contributed by atoms with van der Waals surface area (Å²) in [6.07, 6.45) is 0. The number of sulfonamides is 1. The zero-order valence-corrected chi connectivity index (χ0v) is 16.2. The van der Waals surface area contributed by atoms with Crippen molar-refractivity contribution in [1.29, 1.82) is 0 Å². The second-order valence-corrected chi connectivity index (χ2v) is 9.31. The minimum absolute atomic E-state index is 0.152. The maximum atomic E-state index is 11.3. The number of nitrogens with one attached hydrogen (secondary N) is 2. The molecule has 24 heavy (non-hydrogen) atoms. The molecule has 0 aliphatic heterocycles. The molecule has 2 heterocycles. The highest BCUT2D eigenvalue weighted by atomic mass is 32.2. The summed E-state index contributed by atoms with van der Waals surface area (Å²) in [5.74, 6) is 0.661. The fourth-order valence-electron chi connectivity index (χ4n) is 1.87. The number of nitrogens with zero attached hydrogens (tertiary/aromatic N) is 2. The molecule has 4 N–H and O–H groups in total. The Morgan fingerprint density at radius 2 is 2.04 bits per heavy atom. The second kappa shape index (κ2) is 8.06. The quantitative estimate of drug-likeness (QED) is 0.516. The van der Waals surface area contributed by atoms with Crippen LogP contribution >= 0.6 is 22.7 Å². The van der Waals surface area contributed by atoms with Crippen LogP contribution in [0.3, 0.4) is 0 Å². The van der Waals surface area contributed by atoms with Crippen molar-refractivity contribution in [3.05, 3.63) is 32.6 Å². The van der Waals surface area contributed by atoms with Gasteiger partial charge in [-0.25, -0.2) is 23.5 Å². The summed E-state index contributed by atoms with van der Waals surface area (Å²) in [4.78, 5) is 11.0. The molecular weight excluding hydrogens is 366 g/mol. The molecule has 0 aliphatic rings. The van der Waals surface area contributed by atoms with Gasteiger partial charge >= 0.3 is 0 Å². The van der Waals surface area contributed by atoms with Gasteiger partial charge in [-0.3, -0.25) is 0 Å². The number of guanidine groups is 1. The Kier molecular flexibility index (Phi) is 6.33. The topological polar surface area (TPSA) is 109 Å². The first-order valence-electron chi connectivity index (χ1n) is 7.36. The van der Waals surface area contributed by atoms with Crippen LogP contribution in [0.15, 0.2) is 21.3 Å². The van der Waals surface area contributed by atoms with Gasteiger partial charge < -0.3 is 10.6 Å². The lowest BCUT2D eigenvalue weighted by Crippen LogP contribution is -2.36. The number of primary sulfonamides is 1. The SMILES string of the molecule is CCNC(=NCc1ccc(S(N)(=O)=O)s1)NCc1nc(C)c(C)s1. The molecule has 0 saturated heterocycles. The molecule has 2 rings (SSSR count). The molecule has 0 unspecified atom stereocenters. The molecule has 0 amide bonds. The molecule has 0 spiro atoms. The molecule has 0 aromatic carbocycles. The maximum Gasteiger partial charge on any atom is 0.247 e. The van der Waals surface area contributed by atoms with Crippen molar-refractivity contribution in [2.24, 2.45) is 10.1 Å². The van der Waals surface area contributed by atoms with Crippen molar-refractivity contribution in [2.45, 2.75) is 38.1 Å². The molecule has 0 saturated carbocycles. The van der Waals surface area contributed by atoms with Gasteiger partial charge in [0.25, 0.3) is 0 Å². The normalized spacial score (nSPS) is 12.4. The third-order valence-electron chi connectivity index (χ3n) is 3.13. The van der Waals surface area contributed by atoms with E-state index in [9.17, 15) is 8.42 Å². The number of nitrogens with two attached hydrogens (primary N) is 1. The minimum atomic E-state index is -3.65. The zero-order chi connectivity index (χ0) is 17.7. The Labute approximate surface area is 150 Å². The zero-order valence-electron chi connectivity index (χ0n) is 13.8. The van der Waals surface area contributed by atoms with E-state index in [2.05, 4.69) is 27.5 Å². The van der Waals surface area contributed by atoms with Crippen LogP contribution in [0, 0.1) is 13.8 Å². The van der Waals surface area contributed by atoms with Gasteiger partial charge in [0.2, 0.25) is 10.0 Å². The predicted molar refractivity (Wildman–Crippen MR) is 98.9 cm³/mol. The lowest BCUT2D eigenvalue weighted by atomic mass is 10.4. The van der Waals surface area contributed by atoms with Gasteiger partial charge in [0.05, 0.1) is 18.8 Å². The average molecular weight is 388 g/mol. The summed E-state index contributed by atoms with van der Waals surface area (Å²) in [5.41, 5.74) is 1.05. The van der Waals surface area contributed by atoms with E-state index >= 15 is 0 Å². The van der Waals surface area contributed by atoms with Gasteiger partial charge in [-0.15, -0.1) is 22.7 Å². The molecule has 132 valence electrons. The van der Waals surface area contributed by atoms with Crippen LogP contribution in [-0.4, -0.2) is 25.9 Å². The fourth-order valence-corrected chi connectivity index (χ4v) is 4.45. The number of aromatic nitrogens is 1. The largest absolute Gasteiger partial charge is 0.357 e. The summed E-state index contributed by atoms with van der Waals surface area (Å²) < 4.78 is 22.7. The highest BCUT2D eigenvalue weighted by molar-refractivity contribution is 7.91.